The van der Waals surface area contributed by atoms with Gasteiger partial charge < -0.3 is 9.73 Å². The highest BCUT2D eigenvalue weighted by Gasteiger charge is 2.10. The molecule has 0 saturated heterocycles. The summed E-state index contributed by atoms with van der Waals surface area (Å²) < 4.78 is 6.58. The predicted molar refractivity (Wildman–Crippen MR) is 75.1 cm³/mol. The Morgan fingerprint density at radius 3 is 3.00 bits per heavy atom. The fourth-order valence-corrected chi connectivity index (χ4v) is 2.83. The average molecular weight is 258 g/mol. The molecule has 1 atom stereocenters. The van der Waals surface area contributed by atoms with Gasteiger partial charge in [0.15, 0.2) is 5.13 Å². The maximum atomic E-state index is 5.38. The number of aromatic nitrogens is 1. The van der Waals surface area contributed by atoms with E-state index in [4.69, 9.17) is 4.42 Å². The van der Waals surface area contributed by atoms with Crippen LogP contribution in [-0.2, 0) is 0 Å². The van der Waals surface area contributed by atoms with Crippen molar-refractivity contribution in [2.45, 2.75) is 19.9 Å². The van der Waals surface area contributed by atoms with Gasteiger partial charge in [-0.25, -0.2) is 4.98 Å². The molecule has 0 saturated carbocycles. The molecular weight excluding hydrogens is 244 g/mol. The van der Waals surface area contributed by atoms with Crippen LogP contribution in [0.3, 0.4) is 0 Å². The topological polar surface area (TPSA) is 38.1 Å². The van der Waals surface area contributed by atoms with Gasteiger partial charge in [-0.3, -0.25) is 0 Å². The molecule has 0 fully saturated rings. The van der Waals surface area contributed by atoms with Crippen LogP contribution >= 0.6 is 11.3 Å². The summed E-state index contributed by atoms with van der Waals surface area (Å²) in [6.45, 7) is 4.15. The van der Waals surface area contributed by atoms with Crippen molar-refractivity contribution >= 4 is 26.7 Å². The molecule has 0 aliphatic rings. The molecule has 2 aromatic heterocycles. The molecule has 1 N–H and O–H groups in total. The predicted octanol–water partition coefficient (Wildman–Crippen LogP) is 4.37. The third-order valence-electron chi connectivity index (χ3n) is 2.85. The molecule has 0 amide bonds. The molecule has 0 radical (unpaired) electrons. The summed E-state index contributed by atoms with van der Waals surface area (Å²) in [6, 6.07) is 10.3. The molecule has 92 valence electrons. The van der Waals surface area contributed by atoms with Crippen LogP contribution in [0.1, 0.15) is 24.3 Å². The third kappa shape index (κ3) is 2.11. The van der Waals surface area contributed by atoms with Gasteiger partial charge in [-0.15, -0.1) is 0 Å². The molecule has 1 unspecified atom stereocenters. The number of nitrogens with zero attached hydrogens (tertiary/aromatic N) is 1. The minimum absolute atomic E-state index is 0.127. The van der Waals surface area contributed by atoms with Crippen LogP contribution in [0.25, 0.3) is 10.2 Å². The van der Waals surface area contributed by atoms with Crippen LogP contribution in [0.15, 0.2) is 41.0 Å². The lowest BCUT2D eigenvalue weighted by Gasteiger charge is -2.08. The molecule has 0 spiro atoms. The fourth-order valence-electron chi connectivity index (χ4n) is 1.89. The number of anilines is 1. The maximum absolute atomic E-state index is 5.38. The minimum Gasteiger partial charge on any atom is -0.467 e. The molecule has 3 aromatic rings. The van der Waals surface area contributed by atoms with Crippen molar-refractivity contribution in [3.05, 3.63) is 47.9 Å². The molecule has 0 aliphatic carbocycles. The Labute approximate surface area is 109 Å². The van der Waals surface area contributed by atoms with Gasteiger partial charge in [-0.05, 0) is 43.7 Å². The second-order valence-corrected chi connectivity index (χ2v) is 5.40. The van der Waals surface area contributed by atoms with E-state index >= 15 is 0 Å². The van der Waals surface area contributed by atoms with E-state index in [1.165, 1.54) is 10.3 Å². The van der Waals surface area contributed by atoms with Gasteiger partial charge in [0.25, 0.3) is 0 Å². The molecule has 4 heteroatoms. The Morgan fingerprint density at radius 1 is 1.33 bits per heavy atom. The first-order chi connectivity index (χ1) is 8.72. The van der Waals surface area contributed by atoms with Crippen molar-refractivity contribution in [3.8, 4) is 0 Å². The van der Waals surface area contributed by atoms with Gasteiger partial charge in [-0.1, -0.05) is 17.4 Å². The maximum Gasteiger partial charge on any atom is 0.184 e. The first kappa shape index (κ1) is 11.3. The second kappa shape index (κ2) is 4.46. The average Bonchev–Trinajstić information content (AvgIpc) is 2.95. The highest BCUT2D eigenvalue weighted by Crippen LogP contribution is 2.29. The van der Waals surface area contributed by atoms with E-state index in [1.807, 2.05) is 12.1 Å². The molecular formula is C14H14N2OS. The van der Waals surface area contributed by atoms with E-state index < -0.39 is 0 Å². The third-order valence-corrected chi connectivity index (χ3v) is 3.82. The fraction of sp³-hybridized carbons (Fsp3) is 0.214. The van der Waals surface area contributed by atoms with Gasteiger partial charge in [0, 0.05) is 0 Å². The lowest BCUT2D eigenvalue weighted by atomic mass is 10.2. The van der Waals surface area contributed by atoms with Crippen LogP contribution < -0.4 is 5.32 Å². The Hall–Kier alpha value is -1.81. The summed E-state index contributed by atoms with van der Waals surface area (Å²) >= 11 is 1.67. The molecule has 0 bridgehead atoms. The highest BCUT2D eigenvalue weighted by atomic mass is 32.1. The molecule has 3 nitrogen and oxygen atoms in total. The van der Waals surface area contributed by atoms with E-state index in [2.05, 4.69) is 42.3 Å². The largest absolute Gasteiger partial charge is 0.467 e. The molecule has 1 aromatic carbocycles. The summed E-state index contributed by atoms with van der Waals surface area (Å²) in [5.74, 6) is 0.922. The summed E-state index contributed by atoms with van der Waals surface area (Å²) in [6.07, 6.45) is 1.69. The lowest BCUT2D eigenvalue weighted by molar-refractivity contribution is 0.490. The lowest BCUT2D eigenvalue weighted by Crippen LogP contribution is -2.04. The number of rotatable bonds is 3. The smallest absolute Gasteiger partial charge is 0.184 e. The van der Waals surface area contributed by atoms with Crippen LogP contribution in [0, 0.1) is 6.92 Å². The van der Waals surface area contributed by atoms with Gasteiger partial charge in [0.05, 0.1) is 22.5 Å². The number of aryl methyl sites for hydroxylation is 1. The van der Waals surface area contributed by atoms with Crippen LogP contribution in [0.2, 0.25) is 0 Å². The number of thiazole rings is 1. The highest BCUT2D eigenvalue weighted by molar-refractivity contribution is 7.22. The van der Waals surface area contributed by atoms with Crippen LogP contribution in [-0.4, -0.2) is 4.98 Å². The van der Waals surface area contributed by atoms with Gasteiger partial charge in [-0.2, -0.15) is 0 Å². The first-order valence-corrected chi connectivity index (χ1v) is 6.71. The summed E-state index contributed by atoms with van der Waals surface area (Å²) in [5.41, 5.74) is 2.28. The number of hydrogen-bond donors (Lipinski definition) is 1. The van der Waals surface area contributed by atoms with Crippen molar-refractivity contribution in [3.63, 3.8) is 0 Å². The van der Waals surface area contributed by atoms with E-state index in [0.717, 1.165) is 16.4 Å². The van der Waals surface area contributed by atoms with E-state index in [-0.39, 0.29) is 6.04 Å². The van der Waals surface area contributed by atoms with Crippen molar-refractivity contribution in [2.24, 2.45) is 0 Å². The SMILES string of the molecule is Cc1ccc2sc(NC(C)c3ccco3)nc2c1. The Bertz CT molecular complexity index is 658. The number of nitrogens with one attached hydrogen (secondary N) is 1. The summed E-state index contributed by atoms with van der Waals surface area (Å²) in [5, 5.41) is 4.30. The van der Waals surface area contributed by atoms with Crippen molar-refractivity contribution in [1.29, 1.82) is 0 Å². The van der Waals surface area contributed by atoms with Gasteiger partial charge in [0.2, 0.25) is 0 Å². The number of hydrogen-bond acceptors (Lipinski definition) is 4. The Balaban J connectivity index is 1.86. The number of fused-ring (bicyclic) bond motifs is 1. The monoisotopic (exact) mass is 258 g/mol. The Kier molecular flexibility index (Phi) is 2.80. The number of furan rings is 1. The zero-order valence-corrected chi connectivity index (χ0v) is 11.1. The molecule has 2 heterocycles. The van der Waals surface area contributed by atoms with Gasteiger partial charge in [0.1, 0.15) is 5.76 Å². The second-order valence-electron chi connectivity index (χ2n) is 4.37. The van der Waals surface area contributed by atoms with Crippen LogP contribution in [0.5, 0.6) is 0 Å². The standard InChI is InChI=1S/C14H14N2OS/c1-9-5-6-13-11(8-9)16-14(18-13)15-10(2)12-4-3-7-17-12/h3-8,10H,1-2H3,(H,15,16). The summed E-state index contributed by atoms with van der Waals surface area (Å²) in [7, 11) is 0. The van der Waals surface area contributed by atoms with E-state index in [0.29, 0.717) is 0 Å². The van der Waals surface area contributed by atoms with E-state index in [9.17, 15) is 0 Å². The van der Waals surface area contributed by atoms with E-state index in [1.54, 1.807) is 17.6 Å². The Morgan fingerprint density at radius 2 is 2.22 bits per heavy atom. The summed E-state index contributed by atoms with van der Waals surface area (Å²) in [4.78, 5) is 4.59. The van der Waals surface area contributed by atoms with Crippen molar-refractivity contribution in [1.82, 2.24) is 4.98 Å². The molecule has 3 rings (SSSR count). The minimum atomic E-state index is 0.127. The normalized spacial score (nSPS) is 12.8. The zero-order chi connectivity index (χ0) is 12.5. The number of benzene rings is 1. The van der Waals surface area contributed by atoms with Crippen molar-refractivity contribution in [2.75, 3.05) is 5.32 Å². The molecule has 0 aliphatic heterocycles. The first-order valence-electron chi connectivity index (χ1n) is 5.89. The van der Waals surface area contributed by atoms with Gasteiger partial charge >= 0.3 is 0 Å². The molecule has 18 heavy (non-hydrogen) atoms. The van der Waals surface area contributed by atoms with Crippen LogP contribution in [0.4, 0.5) is 5.13 Å². The quantitative estimate of drug-likeness (QED) is 0.758. The zero-order valence-electron chi connectivity index (χ0n) is 10.3. The van der Waals surface area contributed by atoms with Crippen molar-refractivity contribution < 1.29 is 4.42 Å².